The van der Waals surface area contributed by atoms with Gasteiger partial charge in [-0.05, 0) is 66.2 Å². The summed E-state index contributed by atoms with van der Waals surface area (Å²) in [5, 5.41) is 4.94. The number of benzene rings is 3. The SMILES string of the molecule is COc1ccc(C(=O)CC(Nc2ccc(Cl)cc2)c2ccc(Cl)c(Cl)c2)cc1. The van der Waals surface area contributed by atoms with Gasteiger partial charge in [0.15, 0.2) is 5.78 Å². The molecular weight excluding hydrogens is 417 g/mol. The van der Waals surface area contributed by atoms with Gasteiger partial charge in [0.25, 0.3) is 0 Å². The zero-order valence-corrected chi connectivity index (χ0v) is 17.4. The topological polar surface area (TPSA) is 38.3 Å². The number of halogens is 3. The largest absolute Gasteiger partial charge is 0.497 e. The molecule has 0 radical (unpaired) electrons. The number of Topliss-reactive ketones (excluding diaryl/α,β-unsaturated/α-hetero) is 1. The van der Waals surface area contributed by atoms with Crippen molar-refractivity contribution in [2.45, 2.75) is 12.5 Å². The average molecular weight is 435 g/mol. The molecule has 3 aromatic carbocycles. The van der Waals surface area contributed by atoms with Crippen LogP contribution >= 0.6 is 34.8 Å². The highest BCUT2D eigenvalue weighted by Gasteiger charge is 2.18. The van der Waals surface area contributed by atoms with Crippen LogP contribution in [-0.2, 0) is 0 Å². The third-order valence-corrected chi connectivity index (χ3v) is 5.32. The smallest absolute Gasteiger partial charge is 0.165 e. The average Bonchev–Trinajstić information content (AvgIpc) is 2.71. The third-order valence-electron chi connectivity index (χ3n) is 4.33. The molecule has 144 valence electrons. The van der Waals surface area contributed by atoms with Crippen molar-refractivity contribution < 1.29 is 9.53 Å². The molecule has 0 aromatic heterocycles. The van der Waals surface area contributed by atoms with Crippen molar-refractivity contribution >= 4 is 46.3 Å². The molecule has 0 heterocycles. The van der Waals surface area contributed by atoms with E-state index in [0.717, 1.165) is 11.3 Å². The van der Waals surface area contributed by atoms with Gasteiger partial charge in [-0.15, -0.1) is 0 Å². The number of ether oxygens (including phenoxy) is 1. The Kier molecular flexibility index (Phi) is 6.84. The highest BCUT2D eigenvalue weighted by molar-refractivity contribution is 6.42. The van der Waals surface area contributed by atoms with Crippen LogP contribution in [0.1, 0.15) is 28.4 Å². The quantitative estimate of drug-likeness (QED) is 0.404. The number of methoxy groups -OCH3 is 1. The lowest BCUT2D eigenvalue weighted by molar-refractivity contribution is 0.0976. The summed E-state index contributed by atoms with van der Waals surface area (Å²) in [7, 11) is 1.59. The third kappa shape index (κ3) is 5.20. The molecular formula is C22H18Cl3NO2. The number of hydrogen-bond donors (Lipinski definition) is 1. The van der Waals surface area contributed by atoms with Crippen LogP contribution in [0.25, 0.3) is 0 Å². The minimum absolute atomic E-state index is 0.000175. The maximum absolute atomic E-state index is 12.9. The lowest BCUT2D eigenvalue weighted by atomic mass is 9.97. The number of anilines is 1. The zero-order valence-electron chi connectivity index (χ0n) is 15.1. The number of ketones is 1. The predicted molar refractivity (Wildman–Crippen MR) is 116 cm³/mol. The zero-order chi connectivity index (χ0) is 20.1. The second-order valence-corrected chi connectivity index (χ2v) is 7.48. The molecule has 3 rings (SSSR count). The molecule has 0 spiro atoms. The van der Waals surface area contributed by atoms with Gasteiger partial charge in [-0.1, -0.05) is 40.9 Å². The summed E-state index contributed by atoms with van der Waals surface area (Å²) in [6, 6.07) is 19.5. The maximum Gasteiger partial charge on any atom is 0.165 e. The first-order valence-electron chi connectivity index (χ1n) is 8.60. The first kappa shape index (κ1) is 20.5. The van der Waals surface area contributed by atoms with E-state index in [1.54, 1.807) is 55.6 Å². The van der Waals surface area contributed by atoms with Crippen molar-refractivity contribution in [3.8, 4) is 5.75 Å². The molecule has 3 nitrogen and oxygen atoms in total. The highest BCUT2D eigenvalue weighted by atomic mass is 35.5. The number of rotatable bonds is 7. The summed E-state index contributed by atoms with van der Waals surface area (Å²) >= 11 is 18.2. The van der Waals surface area contributed by atoms with Crippen LogP contribution in [0, 0.1) is 0 Å². The summed E-state index contributed by atoms with van der Waals surface area (Å²) in [6.07, 6.45) is 0.243. The number of carbonyl (C=O) groups is 1. The molecule has 6 heteroatoms. The second kappa shape index (κ2) is 9.33. The number of hydrogen-bond acceptors (Lipinski definition) is 3. The van der Waals surface area contributed by atoms with Crippen LogP contribution < -0.4 is 10.1 Å². The lowest BCUT2D eigenvalue weighted by Gasteiger charge is -2.21. The second-order valence-electron chi connectivity index (χ2n) is 6.23. The van der Waals surface area contributed by atoms with Gasteiger partial charge in [0, 0.05) is 22.7 Å². The monoisotopic (exact) mass is 433 g/mol. The maximum atomic E-state index is 12.9. The molecule has 0 bridgehead atoms. The van der Waals surface area contributed by atoms with Crippen LogP contribution in [0.15, 0.2) is 66.7 Å². The Morgan fingerprint density at radius 3 is 2.21 bits per heavy atom. The van der Waals surface area contributed by atoms with E-state index in [2.05, 4.69) is 5.32 Å². The van der Waals surface area contributed by atoms with Crippen LogP contribution in [0.5, 0.6) is 5.75 Å². The number of carbonyl (C=O) groups excluding carboxylic acids is 1. The Labute approximate surface area is 179 Å². The molecule has 28 heavy (non-hydrogen) atoms. The Hall–Kier alpha value is -2.20. The summed E-state index contributed by atoms with van der Waals surface area (Å²) in [4.78, 5) is 12.9. The summed E-state index contributed by atoms with van der Waals surface area (Å²) in [6.45, 7) is 0. The Balaban J connectivity index is 1.86. The highest BCUT2D eigenvalue weighted by Crippen LogP contribution is 2.30. The van der Waals surface area contributed by atoms with Crippen LogP contribution in [0.2, 0.25) is 15.1 Å². The van der Waals surface area contributed by atoms with E-state index < -0.39 is 0 Å². The standard InChI is InChI=1S/C22H18Cl3NO2/c1-28-18-9-2-14(3-10-18)22(27)13-21(15-4-11-19(24)20(25)12-15)26-17-7-5-16(23)6-8-17/h2-12,21,26H,13H2,1H3. The minimum atomic E-state index is -0.287. The molecule has 0 saturated heterocycles. The fraction of sp³-hybridized carbons (Fsp3) is 0.136. The summed E-state index contributed by atoms with van der Waals surface area (Å²) < 4.78 is 5.15. The van der Waals surface area contributed by atoms with Gasteiger partial charge in [-0.25, -0.2) is 0 Å². The lowest BCUT2D eigenvalue weighted by Crippen LogP contribution is -2.16. The van der Waals surface area contributed by atoms with E-state index in [4.69, 9.17) is 39.5 Å². The van der Waals surface area contributed by atoms with Crippen LogP contribution in [-0.4, -0.2) is 12.9 Å². The van der Waals surface area contributed by atoms with Crippen molar-refractivity contribution in [2.24, 2.45) is 0 Å². The first-order chi connectivity index (χ1) is 13.5. The molecule has 0 aliphatic carbocycles. The van der Waals surface area contributed by atoms with E-state index in [0.29, 0.717) is 26.4 Å². The minimum Gasteiger partial charge on any atom is -0.497 e. The van der Waals surface area contributed by atoms with E-state index in [-0.39, 0.29) is 18.2 Å². The van der Waals surface area contributed by atoms with Gasteiger partial charge >= 0.3 is 0 Å². The Bertz CT molecular complexity index is 957. The van der Waals surface area contributed by atoms with Gasteiger partial charge in [-0.3, -0.25) is 4.79 Å². The van der Waals surface area contributed by atoms with Gasteiger partial charge < -0.3 is 10.1 Å². The molecule has 0 fully saturated rings. The van der Waals surface area contributed by atoms with Crippen molar-refractivity contribution in [2.75, 3.05) is 12.4 Å². The van der Waals surface area contributed by atoms with Gasteiger partial charge in [0.1, 0.15) is 5.75 Å². The summed E-state index contributed by atoms with van der Waals surface area (Å²) in [5.41, 5.74) is 2.33. The van der Waals surface area contributed by atoms with Gasteiger partial charge in [0.2, 0.25) is 0 Å². The van der Waals surface area contributed by atoms with Crippen molar-refractivity contribution in [1.82, 2.24) is 0 Å². The molecule has 3 aromatic rings. The normalized spacial score (nSPS) is 11.7. The van der Waals surface area contributed by atoms with E-state index in [1.165, 1.54) is 0 Å². The van der Waals surface area contributed by atoms with E-state index >= 15 is 0 Å². The van der Waals surface area contributed by atoms with Crippen molar-refractivity contribution in [1.29, 1.82) is 0 Å². The Morgan fingerprint density at radius 2 is 1.61 bits per heavy atom. The fourth-order valence-corrected chi connectivity index (χ4v) is 3.24. The van der Waals surface area contributed by atoms with Crippen LogP contribution in [0.4, 0.5) is 5.69 Å². The molecule has 1 atom stereocenters. The number of nitrogens with one attached hydrogen (secondary N) is 1. The molecule has 0 aliphatic heterocycles. The van der Waals surface area contributed by atoms with Crippen LogP contribution in [0.3, 0.4) is 0 Å². The molecule has 0 amide bonds. The van der Waals surface area contributed by atoms with Crippen molar-refractivity contribution in [3.63, 3.8) is 0 Å². The fourth-order valence-electron chi connectivity index (χ4n) is 2.81. The molecule has 1 N–H and O–H groups in total. The van der Waals surface area contributed by atoms with Gasteiger partial charge in [0.05, 0.1) is 23.2 Å². The van der Waals surface area contributed by atoms with Crippen molar-refractivity contribution in [3.05, 3.63) is 92.9 Å². The Morgan fingerprint density at radius 1 is 0.929 bits per heavy atom. The summed E-state index contributed by atoms with van der Waals surface area (Å²) in [5.74, 6) is 0.706. The molecule has 1 unspecified atom stereocenters. The first-order valence-corrected chi connectivity index (χ1v) is 9.74. The van der Waals surface area contributed by atoms with Gasteiger partial charge in [-0.2, -0.15) is 0 Å². The predicted octanol–water partition coefficient (Wildman–Crippen LogP) is 7.08. The molecule has 0 saturated carbocycles. The molecule has 0 aliphatic rings. The van der Waals surface area contributed by atoms with E-state index in [9.17, 15) is 4.79 Å². The van der Waals surface area contributed by atoms with E-state index in [1.807, 2.05) is 18.2 Å².